The molecule has 1 aliphatic heterocycles. The van der Waals surface area contributed by atoms with Crippen molar-refractivity contribution in [1.82, 2.24) is 20.6 Å². The molecule has 0 saturated carbocycles. The Morgan fingerprint density at radius 3 is 1.70 bits per heavy atom. The van der Waals surface area contributed by atoms with Crippen LogP contribution < -0.4 is 21.9 Å². The molecule has 0 bridgehead atoms. The van der Waals surface area contributed by atoms with Crippen LogP contribution in [0.1, 0.15) is 0 Å². The topological polar surface area (TPSA) is 199 Å². The Morgan fingerprint density at radius 1 is 0.750 bits per heavy atom. The largest absolute Gasteiger partial charge is 0.499 e. The molecule has 1 aliphatic rings. The molecule has 20 heavy (non-hydrogen) atoms. The molecule has 0 aliphatic carbocycles. The molecule has 6 N–H and O–H groups in total. The molecular formula is C8H6N4O8. The Morgan fingerprint density at radius 2 is 1.25 bits per heavy atom. The lowest BCUT2D eigenvalue weighted by atomic mass is 10.3. The third kappa shape index (κ3) is 3.28. The standard InChI is InChI=1S/C4H4N2O4.C4H2N2O4/c2*7-1-2(8)5-4(10)6-3(1)9/h7H,(H3,5,6,8,9,10);(H2,5,6,8,9,10). The number of nitrogens with one attached hydrogen (secondary N) is 4. The van der Waals surface area contributed by atoms with E-state index in [1.165, 1.54) is 0 Å². The molecule has 1 aromatic heterocycles. The number of Topliss-reactive ketones (excluding diaryl/α,β-unsaturated/α-hetero) is 1. The van der Waals surface area contributed by atoms with Crippen LogP contribution in [0.2, 0.25) is 0 Å². The van der Waals surface area contributed by atoms with Crippen LogP contribution in [0.3, 0.4) is 0 Å². The quantitative estimate of drug-likeness (QED) is 0.262. The van der Waals surface area contributed by atoms with Gasteiger partial charge in [0.15, 0.2) is 0 Å². The number of aromatic amines is 2. The summed E-state index contributed by atoms with van der Waals surface area (Å²) in [6, 6.07) is -0.963. The third-order valence-electron chi connectivity index (χ3n) is 1.76. The van der Waals surface area contributed by atoms with Crippen molar-refractivity contribution >= 4 is 23.6 Å². The number of H-pyrrole nitrogens is 2. The maximum absolute atomic E-state index is 10.4. The number of aromatic hydroxyl groups is 2. The van der Waals surface area contributed by atoms with E-state index in [0.29, 0.717) is 0 Å². The van der Waals surface area contributed by atoms with Crippen molar-refractivity contribution in [3.05, 3.63) is 20.8 Å². The Balaban J connectivity index is 0.000000200. The van der Waals surface area contributed by atoms with Crippen molar-refractivity contribution in [3.63, 3.8) is 0 Å². The molecule has 1 fully saturated rings. The lowest BCUT2D eigenvalue weighted by molar-refractivity contribution is -0.146. The number of aromatic nitrogens is 2. The second-order valence-electron chi connectivity index (χ2n) is 3.17. The minimum absolute atomic E-state index is 0.825. The highest BCUT2D eigenvalue weighted by atomic mass is 16.3. The summed E-state index contributed by atoms with van der Waals surface area (Å²) in [7, 11) is 0. The first-order valence-corrected chi connectivity index (χ1v) is 4.67. The number of barbiturate groups is 1. The van der Waals surface area contributed by atoms with Gasteiger partial charge >= 0.3 is 29.3 Å². The van der Waals surface area contributed by atoms with E-state index in [2.05, 4.69) is 0 Å². The molecule has 1 saturated heterocycles. The van der Waals surface area contributed by atoms with Gasteiger partial charge in [-0.3, -0.25) is 39.8 Å². The summed E-state index contributed by atoms with van der Waals surface area (Å²) in [4.78, 5) is 65.2. The summed E-state index contributed by atoms with van der Waals surface area (Å²) in [5.41, 5.74) is -1.87. The summed E-state index contributed by atoms with van der Waals surface area (Å²) in [6.45, 7) is 0. The predicted molar refractivity (Wildman–Crippen MR) is 57.7 cm³/mol. The van der Waals surface area contributed by atoms with Gasteiger partial charge in [0, 0.05) is 0 Å². The number of amides is 4. The average molecular weight is 286 g/mol. The molecule has 0 radical (unpaired) electrons. The van der Waals surface area contributed by atoms with Gasteiger partial charge in [-0.2, -0.15) is 0 Å². The molecule has 0 unspecified atom stereocenters. The first-order valence-electron chi connectivity index (χ1n) is 4.67. The maximum Gasteiger partial charge on any atom is 0.328 e. The van der Waals surface area contributed by atoms with Gasteiger partial charge in [-0.05, 0) is 0 Å². The minimum atomic E-state index is -1.25. The van der Waals surface area contributed by atoms with Crippen LogP contribution in [-0.2, 0) is 14.4 Å². The van der Waals surface area contributed by atoms with Crippen LogP contribution in [0, 0.1) is 0 Å². The summed E-state index contributed by atoms with van der Waals surface area (Å²) in [5, 5.41) is 20.3. The van der Waals surface area contributed by atoms with E-state index in [1.807, 2.05) is 0 Å². The van der Waals surface area contributed by atoms with Crippen LogP contribution in [0.15, 0.2) is 9.59 Å². The number of imide groups is 2. The molecule has 0 spiro atoms. The van der Waals surface area contributed by atoms with Gasteiger partial charge in [0.25, 0.3) is 5.56 Å². The Kier molecular flexibility index (Phi) is 4.00. The fraction of sp³-hybridized carbons (Fsp3) is 0. The fourth-order valence-corrected chi connectivity index (χ4v) is 0.922. The normalized spacial score (nSPS) is 14.0. The van der Waals surface area contributed by atoms with E-state index < -0.39 is 46.5 Å². The van der Waals surface area contributed by atoms with Crippen molar-refractivity contribution in [3.8, 4) is 11.6 Å². The van der Waals surface area contributed by atoms with Crippen molar-refractivity contribution in [1.29, 1.82) is 0 Å². The molecular weight excluding hydrogens is 280 g/mol. The Hall–Kier alpha value is -3.44. The number of ketones is 1. The lowest BCUT2D eigenvalue weighted by Gasteiger charge is -2.07. The summed E-state index contributed by atoms with van der Waals surface area (Å²) in [5.74, 6) is -5.34. The molecule has 12 heteroatoms. The molecule has 1 aromatic rings. The maximum atomic E-state index is 10.4. The van der Waals surface area contributed by atoms with E-state index in [9.17, 15) is 28.8 Å². The van der Waals surface area contributed by atoms with Crippen molar-refractivity contribution in [2.75, 3.05) is 0 Å². The first-order chi connectivity index (χ1) is 9.22. The summed E-state index contributed by atoms with van der Waals surface area (Å²) >= 11 is 0. The summed E-state index contributed by atoms with van der Waals surface area (Å²) < 4.78 is 0. The zero-order valence-electron chi connectivity index (χ0n) is 9.34. The highest BCUT2D eigenvalue weighted by molar-refractivity contribution is 6.66. The van der Waals surface area contributed by atoms with Crippen LogP contribution in [0.5, 0.6) is 11.6 Å². The zero-order valence-corrected chi connectivity index (χ0v) is 9.34. The SMILES string of the molecule is O=C1NC(=O)C(=O)C(=O)N1.O=c1[nH]c(O)c(O)c(=O)[nH]1. The predicted octanol–water partition coefficient (Wildman–Crippen LogP) is -3.60. The second kappa shape index (κ2) is 5.47. The molecule has 2 heterocycles. The van der Waals surface area contributed by atoms with Gasteiger partial charge in [0.1, 0.15) is 0 Å². The third-order valence-corrected chi connectivity index (χ3v) is 1.76. The Bertz CT molecular complexity index is 692. The molecule has 12 nitrogen and oxygen atoms in total. The number of hydrogen-bond donors (Lipinski definition) is 6. The van der Waals surface area contributed by atoms with E-state index >= 15 is 0 Å². The van der Waals surface area contributed by atoms with Crippen LogP contribution in [-0.4, -0.2) is 43.8 Å². The highest BCUT2D eigenvalue weighted by Gasteiger charge is 2.31. The molecule has 0 atom stereocenters. The molecule has 2 rings (SSSR count). The van der Waals surface area contributed by atoms with Gasteiger partial charge in [0.05, 0.1) is 0 Å². The Labute approximate surface area is 107 Å². The highest BCUT2D eigenvalue weighted by Crippen LogP contribution is 2.10. The molecule has 106 valence electrons. The second-order valence-corrected chi connectivity index (χ2v) is 3.17. The number of hydrogen-bond acceptors (Lipinski definition) is 8. The van der Waals surface area contributed by atoms with Gasteiger partial charge in [0.2, 0.25) is 11.6 Å². The van der Waals surface area contributed by atoms with Crippen LogP contribution in [0.4, 0.5) is 4.79 Å². The van der Waals surface area contributed by atoms with E-state index in [-0.39, 0.29) is 0 Å². The van der Waals surface area contributed by atoms with Gasteiger partial charge in [-0.25, -0.2) is 9.59 Å². The molecule has 0 aromatic carbocycles. The first kappa shape index (κ1) is 14.6. The van der Waals surface area contributed by atoms with E-state index in [4.69, 9.17) is 10.2 Å². The van der Waals surface area contributed by atoms with Crippen molar-refractivity contribution < 1.29 is 29.4 Å². The fourth-order valence-electron chi connectivity index (χ4n) is 0.922. The van der Waals surface area contributed by atoms with Gasteiger partial charge < -0.3 is 10.2 Å². The van der Waals surface area contributed by atoms with Gasteiger partial charge in [-0.1, -0.05) is 0 Å². The minimum Gasteiger partial charge on any atom is -0.499 e. The van der Waals surface area contributed by atoms with Crippen molar-refractivity contribution in [2.45, 2.75) is 0 Å². The lowest BCUT2D eigenvalue weighted by Crippen LogP contribution is -2.56. The smallest absolute Gasteiger partial charge is 0.328 e. The summed E-state index contributed by atoms with van der Waals surface area (Å²) in [6.07, 6.45) is 0. The molecule has 4 amide bonds. The number of urea groups is 1. The van der Waals surface area contributed by atoms with Crippen LogP contribution >= 0.6 is 0 Å². The average Bonchev–Trinajstić information content (AvgIpc) is 2.33. The van der Waals surface area contributed by atoms with E-state index in [1.54, 1.807) is 20.6 Å². The number of rotatable bonds is 0. The monoisotopic (exact) mass is 286 g/mol. The van der Waals surface area contributed by atoms with Gasteiger partial charge in [-0.15, -0.1) is 0 Å². The zero-order chi connectivity index (χ0) is 15.4. The van der Waals surface area contributed by atoms with Crippen molar-refractivity contribution in [2.24, 2.45) is 0 Å². The van der Waals surface area contributed by atoms with E-state index in [0.717, 1.165) is 0 Å². The number of carbonyl (C=O) groups is 4. The van der Waals surface area contributed by atoms with Crippen LogP contribution in [0.25, 0.3) is 0 Å². The number of carbonyl (C=O) groups excluding carboxylic acids is 4.